The average Bonchev–Trinajstić information content (AvgIpc) is 3.97. The molecule has 2 heterocycles. The maximum Gasteiger partial charge on any atom is 0.417 e. The maximum absolute atomic E-state index is 15.0. The highest BCUT2D eigenvalue weighted by atomic mass is 32.2. The van der Waals surface area contributed by atoms with E-state index in [9.17, 15) is 26.4 Å². The molecular formula is C34H34F4N2O5S. The Kier molecular flexibility index (Phi) is 7.86. The standard InChI is InChI=1S/C34H34F4N2O5S/c1-2-44-33(41)32-26-13-22-15-30(39-17-27(22)31(26)32)45-18-23-14-25(28(16-29(23)35)34(36,37)38)21-5-3-19(4-6-21)20-9-11-40(12-10-20)46(42,43)24-7-8-24/h3-6,14-17,20,24,26,31-32H,2,7-13,18H2,1H3/t26-,31-,32+/m1/s1. The first-order chi connectivity index (χ1) is 22.0. The molecule has 7 nitrogen and oxygen atoms in total. The van der Waals surface area contributed by atoms with Crippen LogP contribution in [0.1, 0.15) is 72.3 Å². The van der Waals surface area contributed by atoms with Gasteiger partial charge in [0.05, 0.1) is 23.3 Å². The Labute approximate surface area is 265 Å². The van der Waals surface area contributed by atoms with Crippen LogP contribution in [0.3, 0.4) is 0 Å². The molecule has 12 heteroatoms. The number of ether oxygens (including phenoxy) is 2. The van der Waals surface area contributed by atoms with Gasteiger partial charge in [-0.15, -0.1) is 0 Å². The van der Waals surface area contributed by atoms with Crippen LogP contribution in [-0.4, -0.2) is 48.6 Å². The summed E-state index contributed by atoms with van der Waals surface area (Å²) >= 11 is 0. The normalized spacial score (nSPS) is 23.1. The lowest BCUT2D eigenvalue weighted by atomic mass is 9.88. The van der Waals surface area contributed by atoms with Crippen LogP contribution in [0.5, 0.6) is 5.88 Å². The minimum atomic E-state index is -4.78. The molecule has 2 saturated carbocycles. The third-order valence-corrected chi connectivity index (χ3v) is 12.3. The predicted octanol–water partition coefficient (Wildman–Crippen LogP) is 6.61. The van der Waals surface area contributed by atoms with Crippen LogP contribution in [0.4, 0.5) is 17.6 Å². The summed E-state index contributed by atoms with van der Waals surface area (Å²) in [5.74, 6) is -0.806. The third kappa shape index (κ3) is 5.78. The van der Waals surface area contributed by atoms with Crippen molar-refractivity contribution in [3.8, 4) is 17.0 Å². The molecule has 1 aliphatic heterocycles. The summed E-state index contributed by atoms with van der Waals surface area (Å²) in [7, 11) is -3.23. The van der Waals surface area contributed by atoms with Crippen molar-refractivity contribution >= 4 is 16.0 Å². The molecule has 1 aromatic heterocycles. The number of fused-ring (bicyclic) bond motifs is 3. The van der Waals surface area contributed by atoms with E-state index in [1.54, 1.807) is 47.8 Å². The van der Waals surface area contributed by atoms with E-state index in [2.05, 4.69) is 4.98 Å². The Morgan fingerprint density at radius 2 is 1.76 bits per heavy atom. The van der Waals surface area contributed by atoms with Gasteiger partial charge in [0.25, 0.3) is 0 Å². The van der Waals surface area contributed by atoms with Crippen molar-refractivity contribution in [2.45, 2.75) is 68.9 Å². The summed E-state index contributed by atoms with van der Waals surface area (Å²) in [4.78, 5) is 16.5. The number of rotatable bonds is 9. The van der Waals surface area contributed by atoms with Crippen LogP contribution in [-0.2, 0) is 38.8 Å². The number of halogens is 4. The van der Waals surface area contributed by atoms with Crippen LogP contribution in [0.15, 0.2) is 48.7 Å². The molecule has 0 bridgehead atoms. The van der Waals surface area contributed by atoms with Gasteiger partial charge in [-0.05, 0) is 90.8 Å². The Balaban J connectivity index is 1.05. The Morgan fingerprint density at radius 1 is 1.04 bits per heavy atom. The summed E-state index contributed by atoms with van der Waals surface area (Å²) < 4.78 is 94.8. The molecule has 4 aliphatic rings. The second-order valence-electron chi connectivity index (χ2n) is 12.7. The fraction of sp³-hybridized carbons (Fsp3) is 0.471. The first-order valence-electron chi connectivity index (χ1n) is 15.7. The molecule has 0 unspecified atom stereocenters. The molecule has 7 rings (SSSR count). The number of hydrogen-bond donors (Lipinski definition) is 0. The van der Waals surface area contributed by atoms with Gasteiger partial charge in [-0.1, -0.05) is 24.3 Å². The summed E-state index contributed by atoms with van der Waals surface area (Å²) in [5.41, 5.74) is 1.91. The number of piperidine rings is 1. The van der Waals surface area contributed by atoms with Gasteiger partial charge in [0.1, 0.15) is 12.4 Å². The molecule has 0 amide bonds. The van der Waals surface area contributed by atoms with Crippen molar-refractivity contribution in [3.63, 3.8) is 0 Å². The number of benzene rings is 2. The van der Waals surface area contributed by atoms with Crippen molar-refractivity contribution in [1.82, 2.24) is 9.29 Å². The van der Waals surface area contributed by atoms with Gasteiger partial charge in [-0.3, -0.25) is 4.79 Å². The predicted molar refractivity (Wildman–Crippen MR) is 161 cm³/mol. The number of aromatic nitrogens is 1. The number of nitrogens with zero attached hydrogens (tertiary/aromatic N) is 2. The molecule has 0 spiro atoms. The van der Waals surface area contributed by atoms with E-state index in [1.807, 2.05) is 0 Å². The molecule has 0 N–H and O–H groups in total. The lowest BCUT2D eigenvalue weighted by Crippen LogP contribution is -2.39. The maximum atomic E-state index is 15.0. The molecule has 1 saturated heterocycles. The van der Waals surface area contributed by atoms with E-state index < -0.39 is 27.6 Å². The smallest absolute Gasteiger partial charge is 0.417 e. The van der Waals surface area contributed by atoms with E-state index in [4.69, 9.17) is 9.47 Å². The van der Waals surface area contributed by atoms with E-state index in [0.717, 1.165) is 16.7 Å². The summed E-state index contributed by atoms with van der Waals surface area (Å²) in [6.45, 7) is 2.64. The Bertz CT molecular complexity index is 1770. The van der Waals surface area contributed by atoms with Gasteiger partial charge in [0, 0.05) is 36.8 Å². The van der Waals surface area contributed by atoms with E-state index in [-0.39, 0.29) is 64.1 Å². The molecule has 46 heavy (non-hydrogen) atoms. The van der Waals surface area contributed by atoms with Crippen LogP contribution >= 0.6 is 0 Å². The lowest BCUT2D eigenvalue weighted by Gasteiger charge is -2.31. The van der Waals surface area contributed by atoms with Crippen molar-refractivity contribution in [2.75, 3.05) is 19.7 Å². The topological polar surface area (TPSA) is 85.8 Å². The lowest BCUT2D eigenvalue weighted by molar-refractivity contribution is -0.145. The zero-order valence-electron chi connectivity index (χ0n) is 25.2. The summed E-state index contributed by atoms with van der Waals surface area (Å²) in [6.07, 6.45) is 0.260. The zero-order chi connectivity index (χ0) is 32.4. The fourth-order valence-corrected chi connectivity index (χ4v) is 9.09. The Morgan fingerprint density at radius 3 is 2.41 bits per heavy atom. The van der Waals surface area contributed by atoms with Crippen LogP contribution in [0, 0.1) is 17.7 Å². The van der Waals surface area contributed by atoms with Gasteiger partial charge >= 0.3 is 12.1 Å². The van der Waals surface area contributed by atoms with E-state index >= 15 is 4.39 Å². The highest BCUT2D eigenvalue weighted by Crippen LogP contribution is 2.62. The first kappa shape index (κ1) is 31.1. The van der Waals surface area contributed by atoms with Crippen molar-refractivity contribution in [3.05, 3.63) is 82.3 Å². The average molecular weight is 659 g/mol. The molecule has 2 aromatic carbocycles. The van der Waals surface area contributed by atoms with Crippen LogP contribution < -0.4 is 4.74 Å². The number of hydrogen-bond acceptors (Lipinski definition) is 6. The second-order valence-corrected chi connectivity index (χ2v) is 14.9. The molecule has 3 aliphatic carbocycles. The van der Waals surface area contributed by atoms with Crippen LogP contribution in [0.25, 0.3) is 11.1 Å². The highest BCUT2D eigenvalue weighted by molar-refractivity contribution is 7.90. The molecular weight excluding hydrogens is 624 g/mol. The number of pyridine rings is 1. The summed E-state index contributed by atoms with van der Waals surface area (Å²) in [6, 6.07) is 10.2. The molecule has 244 valence electrons. The van der Waals surface area contributed by atoms with Crippen molar-refractivity contribution in [2.24, 2.45) is 11.8 Å². The number of alkyl halides is 3. The molecule has 3 fully saturated rings. The van der Waals surface area contributed by atoms with E-state index in [0.29, 0.717) is 57.9 Å². The van der Waals surface area contributed by atoms with Crippen molar-refractivity contribution in [1.29, 1.82) is 0 Å². The van der Waals surface area contributed by atoms with Gasteiger partial charge in [0.2, 0.25) is 15.9 Å². The zero-order valence-corrected chi connectivity index (χ0v) is 26.0. The molecule has 0 radical (unpaired) electrons. The monoisotopic (exact) mass is 658 g/mol. The number of carbonyl (C=O) groups is 1. The molecule has 3 aromatic rings. The van der Waals surface area contributed by atoms with Gasteiger partial charge in [-0.2, -0.15) is 13.2 Å². The van der Waals surface area contributed by atoms with Gasteiger partial charge in [0.15, 0.2) is 0 Å². The summed E-state index contributed by atoms with van der Waals surface area (Å²) in [5, 5.41) is -0.250. The number of carbonyl (C=O) groups excluding carboxylic acids is 1. The third-order valence-electron chi connectivity index (χ3n) is 9.86. The van der Waals surface area contributed by atoms with Crippen molar-refractivity contribution < 1.29 is 40.2 Å². The number of sulfonamides is 1. The SMILES string of the molecule is CCOC(=O)[C@H]1[C@@H]2Cc3cc(OCc4cc(-c5ccc(C6CCN(S(=O)(=O)C7CC7)CC6)cc5)c(C(F)(F)F)cc4F)ncc3[C@@H]21. The minimum Gasteiger partial charge on any atom is -0.473 e. The molecule has 3 atom stereocenters. The second kappa shape index (κ2) is 11.6. The van der Waals surface area contributed by atoms with E-state index in [1.165, 1.54) is 6.07 Å². The number of esters is 1. The van der Waals surface area contributed by atoms with Gasteiger partial charge in [-0.25, -0.2) is 22.1 Å². The quantitative estimate of drug-likeness (QED) is 0.190. The largest absolute Gasteiger partial charge is 0.473 e. The van der Waals surface area contributed by atoms with Gasteiger partial charge < -0.3 is 9.47 Å². The minimum absolute atomic E-state index is 0.0381. The van der Waals surface area contributed by atoms with Crippen LogP contribution in [0.2, 0.25) is 0 Å². The first-order valence-corrected chi connectivity index (χ1v) is 17.2. The Hall–Kier alpha value is -3.51. The fourth-order valence-electron chi connectivity index (χ4n) is 7.22. The highest BCUT2D eigenvalue weighted by Gasteiger charge is 2.60.